The Morgan fingerprint density at radius 1 is 1.24 bits per heavy atom. The molecule has 0 bridgehead atoms. The van der Waals surface area contributed by atoms with Gasteiger partial charge in [0.05, 0.1) is 28.3 Å². The number of rotatable bonds is 4. The van der Waals surface area contributed by atoms with Crippen LogP contribution in [-0.2, 0) is 0 Å². The van der Waals surface area contributed by atoms with Gasteiger partial charge in [-0.2, -0.15) is 0 Å². The van der Waals surface area contributed by atoms with Crippen LogP contribution < -0.4 is 15.9 Å². The highest BCUT2D eigenvalue weighted by Gasteiger charge is 2.20. The number of phenolic OH excluding ortho intramolecular Hbond substituents is 1. The third kappa shape index (κ3) is 2.91. The van der Waals surface area contributed by atoms with Crippen LogP contribution in [0, 0.1) is 0 Å². The number of ether oxygens (including phenoxy) is 1. The monoisotopic (exact) mass is 337 g/mol. The maximum Gasteiger partial charge on any atom is 0.270 e. The second-order valence-corrected chi connectivity index (χ2v) is 6.45. The number of aromatic hydroxyl groups is 1. The molecule has 128 valence electrons. The first kappa shape index (κ1) is 15.5. The number of aromatic nitrogens is 2. The minimum absolute atomic E-state index is 0.110. The molecule has 0 saturated heterocycles. The molecule has 1 aliphatic rings. The van der Waals surface area contributed by atoms with E-state index in [1.165, 1.54) is 12.8 Å². The minimum Gasteiger partial charge on any atom is -0.504 e. The zero-order valence-corrected chi connectivity index (χ0v) is 13.8. The van der Waals surface area contributed by atoms with Crippen LogP contribution in [-0.4, -0.2) is 27.0 Å². The molecule has 4 rings (SSSR count). The lowest BCUT2D eigenvalue weighted by Crippen LogP contribution is -2.46. The molecular formula is C19H21N4O2+. The molecule has 0 spiro atoms. The smallest absolute Gasteiger partial charge is 0.270 e. The first-order valence-electron chi connectivity index (χ1n) is 8.49. The molecule has 1 saturated carbocycles. The van der Waals surface area contributed by atoms with Gasteiger partial charge >= 0.3 is 0 Å². The Bertz CT molecular complexity index is 942. The summed E-state index contributed by atoms with van der Waals surface area (Å²) in [7, 11) is 0. The van der Waals surface area contributed by atoms with E-state index in [0.29, 0.717) is 17.1 Å². The summed E-state index contributed by atoms with van der Waals surface area (Å²) in [6.07, 6.45) is 4.61. The van der Waals surface area contributed by atoms with Crippen molar-refractivity contribution in [3.8, 4) is 22.9 Å². The summed E-state index contributed by atoms with van der Waals surface area (Å²) < 4.78 is 5.96. The van der Waals surface area contributed by atoms with Gasteiger partial charge in [-0.05, 0) is 56.0 Å². The van der Waals surface area contributed by atoms with Crippen LogP contribution in [0.1, 0.15) is 31.2 Å². The highest BCUT2D eigenvalue weighted by Crippen LogP contribution is 2.38. The zero-order valence-electron chi connectivity index (χ0n) is 13.8. The van der Waals surface area contributed by atoms with Crippen molar-refractivity contribution < 1.29 is 15.3 Å². The van der Waals surface area contributed by atoms with Crippen LogP contribution >= 0.6 is 0 Å². The first-order chi connectivity index (χ1) is 12.1. The molecule has 1 heterocycles. The van der Waals surface area contributed by atoms with Crippen molar-refractivity contribution in [3.05, 3.63) is 42.0 Å². The largest absolute Gasteiger partial charge is 0.504 e. The van der Waals surface area contributed by atoms with E-state index in [1.807, 2.05) is 30.3 Å². The summed E-state index contributed by atoms with van der Waals surface area (Å²) in [6, 6.07) is 11.0. The van der Waals surface area contributed by atoms with Crippen molar-refractivity contribution in [2.24, 2.45) is 5.73 Å². The molecule has 0 amide bonds. The van der Waals surface area contributed by atoms with E-state index in [1.54, 1.807) is 6.07 Å². The maximum atomic E-state index is 10.6. The van der Waals surface area contributed by atoms with Gasteiger partial charge in [0.2, 0.25) is 0 Å². The van der Waals surface area contributed by atoms with Gasteiger partial charge in [0.25, 0.3) is 5.84 Å². The SMILES string of the molecule is NC(=[NH2+])c1ccc2nc(-c3cccc(OC4CCCC4)c3O)[nH]c2c1. The fourth-order valence-corrected chi connectivity index (χ4v) is 3.31. The summed E-state index contributed by atoms with van der Waals surface area (Å²) in [5.41, 5.74) is 8.59. The first-order valence-corrected chi connectivity index (χ1v) is 8.49. The summed E-state index contributed by atoms with van der Waals surface area (Å²) in [4.78, 5) is 7.77. The van der Waals surface area contributed by atoms with Gasteiger partial charge < -0.3 is 14.8 Å². The van der Waals surface area contributed by atoms with Crippen molar-refractivity contribution in [2.45, 2.75) is 31.8 Å². The van der Waals surface area contributed by atoms with E-state index < -0.39 is 0 Å². The summed E-state index contributed by atoms with van der Waals surface area (Å²) >= 11 is 0. The molecule has 1 fully saturated rings. The number of phenols is 1. The third-order valence-corrected chi connectivity index (χ3v) is 4.67. The number of hydrogen-bond donors (Lipinski definition) is 4. The quantitative estimate of drug-likeness (QED) is 0.429. The predicted octanol–water partition coefficient (Wildman–Crippen LogP) is 1.72. The molecule has 0 radical (unpaired) electrons. The Hall–Kier alpha value is -3.02. The lowest BCUT2D eigenvalue weighted by Gasteiger charge is -2.15. The average molecular weight is 337 g/mol. The zero-order chi connectivity index (χ0) is 17.4. The van der Waals surface area contributed by atoms with Crippen LogP contribution in [0.25, 0.3) is 22.4 Å². The van der Waals surface area contributed by atoms with Crippen LogP contribution in [0.15, 0.2) is 36.4 Å². The molecule has 0 unspecified atom stereocenters. The third-order valence-electron chi connectivity index (χ3n) is 4.67. The number of imidazole rings is 1. The highest BCUT2D eigenvalue weighted by molar-refractivity contribution is 5.96. The van der Waals surface area contributed by atoms with Crippen LogP contribution in [0.5, 0.6) is 11.5 Å². The van der Waals surface area contributed by atoms with Gasteiger partial charge in [-0.25, -0.2) is 4.98 Å². The molecule has 6 nitrogen and oxygen atoms in total. The van der Waals surface area contributed by atoms with Gasteiger partial charge in [0.1, 0.15) is 5.82 Å². The number of fused-ring (bicyclic) bond motifs is 1. The Kier molecular flexibility index (Phi) is 3.80. The van der Waals surface area contributed by atoms with E-state index in [4.69, 9.17) is 15.9 Å². The van der Waals surface area contributed by atoms with Crippen LogP contribution in [0.4, 0.5) is 0 Å². The molecule has 0 atom stereocenters. The number of H-pyrrole nitrogens is 1. The Labute approximate surface area is 145 Å². The molecule has 6 heteroatoms. The summed E-state index contributed by atoms with van der Waals surface area (Å²) in [5, 5.41) is 16.3. The molecule has 1 aliphatic carbocycles. The predicted molar refractivity (Wildman–Crippen MR) is 96.3 cm³/mol. The number of aromatic amines is 1. The second-order valence-electron chi connectivity index (χ2n) is 6.45. The molecule has 0 aliphatic heterocycles. The minimum atomic E-state index is 0.110. The fourth-order valence-electron chi connectivity index (χ4n) is 3.31. The normalized spacial score (nSPS) is 14.9. The van der Waals surface area contributed by atoms with Gasteiger partial charge in [-0.1, -0.05) is 6.07 Å². The van der Waals surface area contributed by atoms with Gasteiger partial charge in [-0.15, -0.1) is 0 Å². The molecule has 25 heavy (non-hydrogen) atoms. The van der Waals surface area contributed by atoms with E-state index >= 15 is 0 Å². The number of nitrogens with two attached hydrogens (primary N) is 2. The van der Waals surface area contributed by atoms with Gasteiger partial charge in [-0.3, -0.25) is 11.1 Å². The summed E-state index contributed by atoms with van der Waals surface area (Å²) in [6.45, 7) is 0. The van der Waals surface area contributed by atoms with E-state index in [0.717, 1.165) is 29.4 Å². The Balaban J connectivity index is 1.71. The Morgan fingerprint density at radius 3 is 2.80 bits per heavy atom. The standard InChI is InChI=1S/C19H20N4O2/c20-18(21)11-8-9-14-15(10-11)23-19(22-14)13-6-3-7-16(17(13)24)25-12-4-1-2-5-12/h3,6-10,12,24H,1-2,4-5H2,(H3,20,21)(H,22,23)/p+1. The number of para-hydroxylation sites is 1. The maximum absolute atomic E-state index is 10.6. The van der Waals surface area contributed by atoms with E-state index in [9.17, 15) is 5.11 Å². The van der Waals surface area contributed by atoms with Crippen molar-refractivity contribution in [2.75, 3.05) is 0 Å². The number of nitrogens with one attached hydrogen (secondary N) is 1. The molecule has 3 aromatic rings. The van der Waals surface area contributed by atoms with Gasteiger partial charge in [0, 0.05) is 0 Å². The number of benzene rings is 2. The molecular weight excluding hydrogens is 316 g/mol. The van der Waals surface area contributed by atoms with E-state index in [-0.39, 0.29) is 17.7 Å². The average Bonchev–Trinajstić information content (AvgIpc) is 3.25. The fraction of sp³-hybridized carbons (Fsp3) is 0.263. The lowest BCUT2D eigenvalue weighted by molar-refractivity contribution is -0.114. The molecule has 2 aromatic carbocycles. The number of hydrogen-bond acceptors (Lipinski definition) is 3. The lowest BCUT2D eigenvalue weighted by atomic mass is 10.1. The van der Waals surface area contributed by atoms with Crippen molar-refractivity contribution in [1.29, 1.82) is 0 Å². The molecule has 6 N–H and O–H groups in total. The number of nitrogens with zero attached hydrogens (tertiary/aromatic N) is 1. The Morgan fingerprint density at radius 2 is 2.04 bits per heavy atom. The van der Waals surface area contributed by atoms with Gasteiger partial charge in [0.15, 0.2) is 11.5 Å². The van der Waals surface area contributed by atoms with Crippen LogP contribution in [0.2, 0.25) is 0 Å². The molecule has 1 aromatic heterocycles. The number of amidine groups is 1. The van der Waals surface area contributed by atoms with Crippen LogP contribution in [0.3, 0.4) is 0 Å². The van der Waals surface area contributed by atoms with Crippen molar-refractivity contribution >= 4 is 16.9 Å². The summed E-state index contributed by atoms with van der Waals surface area (Å²) in [5.74, 6) is 1.45. The van der Waals surface area contributed by atoms with E-state index in [2.05, 4.69) is 9.97 Å². The van der Waals surface area contributed by atoms with Crippen molar-refractivity contribution in [3.63, 3.8) is 0 Å². The topological polar surface area (TPSA) is 110 Å². The van der Waals surface area contributed by atoms with Crippen molar-refractivity contribution in [1.82, 2.24) is 9.97 Å². The second kappa shape index (κ2) is 6.12. The highest BCUT2D eigenvalue weighted by atomic mass is 16.5.